The van der Waals surface area contributed by atoms with Crippen molar-refractivity contribution in [2.75, 3.05) is 51.2 Å². The molecule has 0 N–H and O–H groups in total. The largest absolute Gasteiger partial charge is 0.366 e. The summed E-state index contributed by atoms with van der Waals surface area (Å²) in [6.07, 6.45) is 4.22. The Morgan fingerprint density at radius 3 is 2.55 bits per heavy atom. The van der Waals surface area contributed by atoms with Gasteiger partial charge in [-0.25, -0.2) is 0 Å². The molecule has 0 spiro atoms. The molecule has 8 heteroatoms. The summed E-state index contributed by atoms with van der Waals surface area (Å²) in [6.45, 7) is 7.90. The molecule has 2 saturated heterocycles. The third-order valence-electron chi connectivity index (χ3n) is 6.07. The van der Waals surface area contributed by atoms with Crippen LogP contribution in [0.2, 0.25) is 10.0 Å². The van der Waals surface area contributed by atoms with Crippen molar-refractivity contribution < 1.29 is 0 Å². The van der Waals surface area contributed by atoms with Crippen LogP contribution in [0.5, 0.6) is 0 Å². The van der Waals surface area contributed by atoms with Crippen molar-refractivity contribution in [1.82, 2.24) is 19.6 Å². The minimum absolute atomic E-state index is 0.211. The predicted molar refractivity (Wildman–Crippen MR) is 119 cm³/mol. The molecule has 4 rings (SSSR count). The zero-order valence-corrected chi connectivity index (χ0v) is 18.5. The number of anilines is 1. The van der Waals surface area contributed by atoms with Crippen LogP contribution in [0.3, 0.4) is 0 Å². The van der Waals surface area contributed by atoms with Gasteiger partial charge in [0.1, 0.15) is 5.02 Å². The highest BCUT2D eigenvalue weighted by Gasteiger charge is 2.28. The van der Waals surface area contributed by atoms with Crippen molar-refractivity contribution in [3.05, 3.63) is 50.4 Å². The highest BCUT2D eigenvalue weighted by atomic mass is 35.5. The van der Waals surface area contributed by atoms with Crippen LogP contribution in [0.1, 0.15) is 18.4 Å². The molecule has 6 nitrogen and oxygen atoms in total. The van der Waals surface area contributed by atoms with Crippen LogP contribution in [0, 0.1) is 6.92 Å². The fourth-order valence-corrected chi connectivity index (χ4v) is 4.73. The number of benzene rings is 1. The smallest absolute Gasteiger partial charge is 0.292 e. The summed E-state index contributed by atoms with van der Waals surface area (Å²) in [5.74, 6) is 0. The van der Waals surface area contributed by atoms with Gasteiger partial charge in [-0.05, 0) is 51.1 Å². The minimum atomic E-state index is -0.319. The zero-order valence-electron chi connectivity index (χ0n) is 16.9. The van der Waals surface area contributed by atoms with Gasteiger partial charge in [-0.3, -0.25) is 9.69 Å². The summed E-state index contributed by atoms with van der Waals surface area (Å²) in [4.78, 5) is 20.0. The van der Waals surface area contributed by atoms with Gasteiger partial charge in [0.05, 0.1) is 17.6 Å². The summed E-state index contributed by atoms with van der Waals surface area (Å²) in [5, 5.41) is 5.18. The van der Waals surface area contributed by atoms with Crippen LogP contribution < -0.4 is 10.5 Å². The Morgan fingerprint density at radius 1 is 1.10 bits per heavy atom. The van der Waals surface area contributed by atoms with Gasteiger partial charge in [-0.2, -0.15) is 9.78 Å². The lowest BCUT2D eigenvalue weighted by molar-refractivity contribution is 0.106. The Bertz CT molecular complexity index is 939. The molecule has 1 aromatic carbocycles. The second kappa shape index (κ2) is 8.64. The van der Waals surface area contributed by atoms with Crippen LogP contribution in [0.25, 0.3) is 5.69 Å². The number of rotatable bonds is 3. The number of likely N-dealkylation sites (N-methyl/N-ethyl adjacent to an activating group) is 1. The van der Waals surface area contributed by atoms with Crippen molar-refractivity contribution >= 4 is 28.9 Å². The number of halogens is 2. The van der Waals surface area contributed by atoms with Crippen LogP contribution in [0.15, 0.2) is 29.2 Å². The lowest BCUT2D eigenvalue weighted by Gasteiger charge is -2.43. The fourth-order valence-electron chi connectivity index (χ4n) is 4.31. The summed E-state index contributed by atoms with van der Waals surface area (Å²) in [6, 6.07) is 6.06. The third-order valence-corrected chi connectivity index (χ3v) is 6.83. The van der Waals surface area contributed by atoms with Crippen LogP contribution in [0.4, 0.5) is 5.69 Å². The van der Waals surface area contributed by atoms with E-state index >= 15 is 0 Å². The van der Waals surface area contributed by atoms with E-state index in [9.17, 15) is 4.79 Å². The van der Waals surface area contributed by atoms with Gasteiger partial charge in [-0.15, -0.1) is 0 Å². The van der Waals surface area contributed by atoms with Crippen molar-refractivity contribution in [2.24, 2.45) is 0 Å². The van der Waals surface area contributed by atoms with E-state index in [4.69, 9.17) is 23.2 Å². The first-order chi connectivity index (χ1) is 13.9. The molecule has 1 unspecified atom stereocenters. The molecule has 0 amide bonds. The third kappa shape index (κ3) is 4.31. The summed E-state index contributed by atoms with van der Waals surface area (Å²) < 4.78 is 1.31. The van der Waals surface area contributed by atoms with Crippen molar-refractivity contribution in [2.45, 2.75) is 25.8 Å². The van der Waals surface area contributed by atoms with E-state index in [2.05, 4.69) is 26.8 Å². The minimum Gasteiger partial charge on any atom is -0.366 e. The first-order valence-corrected chi connectivity index (χ1v) is 10.9. The molecule has 3 heterocycles. The number of piperidine rings is 1. The summed E-state index contributed by atoms with van der Waals surface area (Å²) >= 11 is 12.7. The van der Waals surface area contributed by atoms with Crippen molar-refractivity contribution in [3.8, 4) is 5.69 Å². The van der Waals surface area contributed by atoms with E-state index in [1.165, 1.54) is 24.1 Å². The van der Waals surface area contributed by atoms with E-state index in [1.54, 1.807) is 12.3 Å². The van der Waals surface area contributed by atoms with Crippen LogP contribution in [-0.2, 0) is 0 Å². The van der Waals surface area contributed by atoms with Gasteiger partial charge >= 0.3 is 0 Å². The Labute approximate surface area is 181 Å². The van der Waals surface area contributed by atoms with Gasteiger partial charge in [-0.1, -0.05) is 29.3 Å². The van der Waals surface area contributed by atoms with Crippen molar-refractivity contribution in [1.29, 1.82) is 0 Å². The molecular weight excluding hydrogens is 409 g/mol. The molecule has 2 aromatic rings. The number of likely N-dealkylation sites (tertiary alicyclic amines) is 1. The average molecular weight is 436 g/mol. The molecule has 0 aliphatic carbocycles. The van der Waals surface area contributed by atoms with E-state index in [-0.39, 0.29) is 10.6 Å². The normalized spacial score (nSPS) is 21.5. The first kappa shape index (κ1) is 20.7. The van der Waals surface area contributed by atoms with E-state index in [1.807, 2.05) is 19.1 Å². The molecule has 2 aliphatic heterocycles. The Kier molecular flexibility index (Phi) is 6.16. The molecule has 0 saturated carbocycles. The maximum absolute atomic E-state index is 12.9. The topological polar surface area (TPSA) is 44.6 Å². The summed E-state index contributed by atoms with van der Waals surface area (Å²) in [5.41, 5.74) is 1.96. The maximum Gasteiger partial charge on any atom is 0.292 e. The van der Waals surface area contributed by atoms with Gasteiger partial charge in [0.2, 0.25) is 0 Å². The van der Waals surface area contributed by atoms with Gasteiger partial charge in [0.25, 0.3) is 5.56 Å². The first-order valence-electron chi connectivity index (χ1n) is 10.2. The molecule has 0 radical (unpaired) electrons. The van der Waals surface area contributed by atoms with E-state index < -0.39 is 0 Å². The second-order valence-electron chi connectivity index (χ2n) is 8.08. The van der Waals surface area contributed by atoms with Gasteiger partial charge < -0.3 is 9.80 Å². The van der Waals surface area contributed by atoms with Crippen molar-refractivity contribution in [3.63, 3.8) is 0 Å². The second-order valence-corrected chi connectivity index (χ2v) is 8.86. The number of aromatic nitrogens is 2. The van der Waals surface area contributed by atoms with Crippen LogP contribution in [-0.4, -0.2) is 71.9 Å². The molecule has 2 aliphatic rings. The lowest BCUT2D eigenvalue weighted by Crippen LogP contribution is -2.54. The molecule has 1 atom stereocenters. The standard InChI is InChI=1S/C21H27Cl2N5O/c1-15-5-6-16(12-18(15)22)28-21(29)20(23)19(13-24-28)27-10-8-26(9-11-27)17-4-3-7-25(2)14-17/h5-6,12-13,17H,3-4,7-11,14H2,1-2H3. The van der Waals surface area contributed by atoms with E-state index in [0.717, 1.165) is 38.3 Å². The average Bonchev–Trinajstić information content (AvgIpc) is 2.72. The Morgan fingerprint density at radius 2 is 1.86 bits per heavy atom. The molecule has 29 heavy (non-hydrogen) atoms. The number of aryl methyl sites for hydroxylation is 1. The predicted octanol–water partition coefficient (Wildman–Crippen LogP) is 3.06. The molecular formula is C21H27Cl2N5O. The zero-order chi connectivity index (χ0) is 20.5. The highest BCUT2D eigenvalue weighted by Crippen LogP contribution is 2.25. The number of hydrogen-bond acceptors (Lipinski definition) is 5. The highest BCUT2D eigenvalue weighted by molar-refractivity contribution is 6.33. The number of nitrogens with zero attached hydrogens (tertiary/aromatic N) is 5. The Hall–Kier alpha value is -1.60. The SMILES string of the molecule is Cc1ccc(-n2ncc(N3CCN(C4CCCN(C)C4)CC3)c(Cl)c2=O)cc1Cl. The Balaban J connectivity index is 1.49. The quantitative estimate of drug-likeness (QED) is 0.740. The van der Waals surface area contributed by atoms with E-state index in [0.29, 0.717) is 22.4 Å². The van der Waals surface area contributed by atoms with Crippen LogP contribution >= 0.6 is 23.2 Å². The van der Waals surface area contributed by atoms with Gasteiger partial charge in [0.15, 0.2) is 0 Å². The lowest BCUT2D eigenvalue weighted by atomic mass is 10.0. The fraction of sp³-hybridized carbons (Fsp3) is 0.524. The number of piperazine rings is 1. The molecule has 156 valence electrons. The number of hydrogen-bond donors (Lipinski definition) is 0. The summed E-state index contributed by atoms with van der Waals surface area (Å²) in [7, 11) is 2.20. The monoisotopic (exact) mass is 435 g/mol. The molecule has 1 aromatic heterocycles. The maximum atomic E-state index is 12.9. The molecule has 2 fully saturated rings. The van der Waals surface area contributed by atoms with Gasteiger partial charge in [0, 0.05) is 43.8 Å². The molecule has 0 bridgehead atoms.